The highest BCUT2D eigenvalue weighted by atomic mass is 16.3. The zero-order chi connectivity index (χ0) is 16.4. The van der Waals surface area contributed by atoms with Gasteiger partial charge >= 0.3 is 0 Å². The molecule has 0 radical (unpaired) electrons. The van der Waals surface area contributed by atoms with Gasteiger partial charge < -0.3 is 20.6 Å². The zero-order valence-electron chi connectivity index (χ0n) is 13.9. The summed E-state index contributed by atoms with van der Waals surface area (Å²) in [7, 11) is 0. The number of nitrogens with zero attached hydrogens (tertiary/aromatic N) is 2. The molecule has 1 saturated carbocycles. The first kappa shape index (κ1) is 16.7. The van der Waals surface area contributed by atoms with E-state index in [4.69, 9.17) is 5.73 Å². The number of rotatable bonds is 4. The Bertz CT molecular complexity index is 454. The first-order valence-electron chi connectivity index (χ1n) is 9.00. The van der Waals surface area contributed by atoms with Crippen LogP contribution in [-0.4, -0.2) is 64.5 Å². The molecule has 0 aromatic heterocycles. The van der Waals surface area contributed by atoms with Gasteiger partial charge in [-0.3, -0.25) is 9.59 Å². The highest BCUT2D eigenvalue weighted by Crippen LogP contribution is 2.31. The molecule has 2 amide bonds. The van der Waals surface area contributed by atoms with Crippen molar-refractivity contribution in [1.29, 1.82) is 0 Å². The molecule has 23 heavy (non-hydrogen) atoms. The van der Waals surface area contributed by atoms with Crippen LogP contribution in [0.3, 0.4) is 0 Å². The molecule has 3 rings (SSSR count). The maximum atomic E-state index is 12.1. The molecular weight excluding hydrogens is 294 g/mol. The van der Waals surface area contributed by atoms with Crippen LogP contribution in [0.4, 0.5) is 0 Å². The minimum absolute atomic E-state index is 0.0677. The van der Waals surface area contributed by atoms with Crippen molar-refractivity contribution < 1.29 is 14.7 Å². The maximum absolute atomic E-state index is 12.1. The molecule has 3 fully saturated rings. The fourth-order valence-electron chi connectivity index (χ4n) is 4.45. The van der Waals surface area contributed by atoms with Gasteiger partial charge in [-0.05, 0) is 25.7 Å². The molecule has 1 unspecified atom stereocenters. The SMILES string of the molecule is NC(=O)C1CC(=O)N(C2CCN(CC3(O)CCCCC3)CC2)C1. The van der Waals surface area contributed by atoms with E-state index in [2.05, 4.69) is 4.90 Å². The van der Waals surface area contributed by atoms with Crippen LogP contribution in [0.5, 0.6) is 0 Å². The van der Waals surface area contributed by atoms with Gasteiger partial charge in [-0.2, -0.15) is 0 Å². The molecule has 2 heterocycles. The van der Waals surface area contributed by atoms with Gasteiger partial charge in [0, 0.05) is 38.6 Å². The van der Waals surface area contributed by atoms with Gasteiger partial charge in [-0.1, -0.05) is 19.3 Å². The monoisotopic (exact) mass is 323 g/mol. The van der Waals surface area contributed by atoms with Crippen molar-refractivity contribution in [3.05, 3.63) is 0 Å². The Hall–Kier alpha value is -1.14. The fraction of sp³-hybridized carbons (Fsp3) is 0.882. The van der Waals surface area contributed by atoms with Crippen LogP contribution in [0.25, 0.3) is 0 Å². The van der Waals surface area contributed by atoms with Crippen molar-refractivity contribution in [1.82, 2.24) is 9.80 Å². The molecule has 3 aliphatic rings. The number of hydrogen-bond acceptors (Lipinski definition) is 4. The van der Waals surface area contributed by atoms with Gasteiger partial charge in [0.25, 0.3) is 0 Å². The van der Waals surface area contributed by atoms with Gasteiger partial charge in [-0.25, -0.2) is 0 Å². The first-order chi connectivity index (χ1) is 11.0. The Morgan fingerprint density at radius 1 is 1.22 bits per heavy atom. The Labute approximate surface area is 138 Å². The third-order valence-electron chi connectivity index (χ3n) is 5.86. The third-order valence-corrected chi connectivity index (χ3v) is 5.86. The van der Waals surface area contributed by atoms with Crippen molar-refractivity contribution in [2.24, 2.45) is 11.7 Å². The molecule has 2 aliphatic heterocycles. The minimum Gasteiger partial charge on any atom is -0.389 e. The van der Waals surface area contributed by atoms with Gasteiger partial charge in [0.2, 0.25) is 11.8 Å². The van der Waals surface area contributed by atoms with E-state index in [1.807, 2.05) is 4.90 Å². The average Bonchev–Trinajstić information content (AvgIpc) is 2.91. The summed E-state index contributed by atoms with van der Waals surface area (Å²) in [4.78, 5) is 27.6. The van der Waals surface area contributed by atoms with Crippen LogP contribution >= 0.6 is 0 Å². The van der Waals surface area contributed by atoms with Crippen molar-refractivity contribution in [3.8, 4) is 0 Å². The number of hydrogen-bond donors (Lipinski definition) is 2. The number of primary amides is 1. The van der Waals surface area contributed by atoms with E-state index in [1.54, 1.807) is 0 Å². The highest BCUT2D eigenvalue weighted by molar-refractivity contribution is 5.88. The summed E-state index contributed by atoms with van der Waals surface area (Å²) in [6.07, 6.45) is 7.45. The lowest BCUT2D eigenvalue weighted by Gasteiger charge is -2.41. The summed E-state index contributed by atoms with van der Waals surface area (Å²) in [5.74, 6) is -0.612. The van der Waals surface area contributed by atoms with Crippen molar-refractivity contribution in [2.45, 2.75) is 63.0 Å². The molecule has 0 spiro atoms. The molecular formula is C17H29N3O3. The lowest BCUT2D eigenvalue weighted by Crippen LogP contribution is -2.50. The van der Waals surface area contributed by atoms with Gasteiger partial charge in [-0.15, -0.1) is 0 Å². The summed E-state index contributed by atoms with van der Waals surface area (Å²) in [5, 5.41) is 10.7. The molecule has 1 aliphatic carbocycles. The van der Waals surface area contributed by atoms with E-state index in [-0.39, 0.29) is 30.2 Å². The number of carbonyl (C=O) groups is 2. The van der Waals surface area contributed by atoms with Crippen LogP contribution in [0, 0.1) is 5.92 Å². The lowest BCUT2D eigenvalue weighted by molar-refractivity contribution is -0.131. The van der Waals surface area contributed by atoms with Crippen LogP contribution < -0.4 is 5.73 Å². The van der Waals surface area contributed by atoms with E-state index < -0.39 is 5.60 Å². The minimum atomic E-state index is -0.508. The predicted molar refractivity (Wildman–Crippen MR) is 86.5 cm³/mol. The third kappa shape index (κ3) is 3.86. The Balaban J connectivity index is 1.49. The molecule has 2 saturated heterocycles. The Morgan fingerprint density at radius 3 is 2.43 bits per heavy atom. The zero-order valence-corrected chi connectivity index (χ0v) is 13.9. The molecule has 6 heteroatoms. The summed E-state index contributed by atoms with van der Waals surface area (Å²) in [6, 6.07) is 0.226. The number of aliphatic hydroxyl groups is 1. The molecule has 3 N–H and O–H groups in total. The number of nitrogens with two attached hydrogens (primary N) is 1. The number of piperidine rings is 1. The largest absolute Gasteiger partial charge is 0.389 e. The van der Waals surface area contributed by atoms with Crippen LogP contribution in [-0.2, 0) is 9.59 Å². The normalized spacial score (nSPS) is 29.9. The van der Waals surface area contributed by atoms with Gasteiger partial charge in [0.05, 0.1) is 11.5 Å². The van der Waals surface area contributed by atoms with Crippen molar-refractivity contribution >= 4 is 11.8 Å². The Morgan fingerprint density at radius 2 is 1.87 bits per heavy atom. The van der Waals surface area contributed by atoms with Crippen LogP contribution in [0.1, 0.15) is 51.4 Å². The van der Waals surface area contributed by atoms with Gasteiger partial charge in [0.1, 0.15) is 0 Å². The smallest absolute Gasteiger partial charge is 0.223 e. The second-order valence-electron chi connectivity index (χ2n) is 7.64. The fourth-order valence-corrected chi connectivity index (χ4v) is 4.45. The standard InChI is InChI=1S/C17H29N3O3/c18-16(22)13-10-15(21)20(11-13)14-4-8-19(9-5-14)12-17(23)6-2-1-3-7-17/h13-14,23H,1-12H2,(H2,18,22). The van der Waals surface area contributed by atoms with E-state index in [9.17, 15) is 14.7 Å². The van der Waals surface area contributed by atoms with Crippen LogP contribution in [0.15, 0.2) is 0 Å². The molecule has 6 nitrogen and oxygen atoms in total. The number of β-amino-alcohol motifs (C(OH)–C–C–N with tert-alkyl or cyclic N) is 1. The van der Waals surface area contributed by atoms with Crippen LogP contribution in [0.2, 0.25) is 0 Å². The summed E-state index contributed by atoms with van der Waals surface area (Å²) in [6.45, 7) is 3.08. The lowest BCUT2D eigenvalue weighted by atomic mass is 9.84. The topological polar surface area (TPSA) is 86.9 Å². The molecule has 130 valence electrons. The van der Waals surface area contributed by atoms with Crippen molar-refractivity contribution in [3.63, 3.8) is 0 Å². The highest BCUT2D eigenvalue weighted by Gasteiger charge is 2.39. The maximum Gasteiger partial charge on any atom is 0.223 e. The number of likely N-dealkylation sites (tertiary alicyclic amines) is 2. The van der Waals surface area contributed by atoms with Crippen molar-refractivity contribution in [2.75, 3.05) is 26.2 Å². The van der Waals surface area contributed by atoms with E-state index in [0.29, 0.717) is 6.54 Å². The average molecular weight is 323 g/mol. The molecule has 0 bridgehead atoms. The summed E-state index contributed by atoms with van der Waals surface area (Å²) < 4.78 is 0. The second-order valence-corrected chi connectivity index (χ2v) is 7.64. The van der Waals surface area contributed by atoms with Gasteiger partial charge in [0.15, 0.2) is 0 Å². The van der Waals surface area contributed by atoms with E-state index >= 15 is 0 Å². The van der Waals surface area contributed by atoms with E-state index in [1.165, 1.54) is 6.42 Å². The predicted octanol–water partition coefficient (Wildman–Crippen LogP) is 0.480. The second kappa shape index (κ2) is 6.77. The summed E-state index contributed by atoms with van der Waals surface area (Å²) >= 11 is 0. The molecule has 1 atom stereocenters. The molecule has 0 aromatic rings. The first-order valence-corrected chi connectivity index (χ1v) is 9.00. The number of amides is 2. The molecule has 0 aromatic carbocycles. The van der Waals surface area contributed by atoms with E-state index in [0.717, 1.165) is 58.2 Å². The number of carbonyl (C=O) groups excluding carboxylic acids is 2. The summed E-state index contributed by atoms with van der Waals surface area (Å²) in [5.41, 5.74) is 4.83. The Kier molecular flexibility index (Phi) is 4.92. The quantitative estimate of drug-likeness (QED) is 0.788.